The SMILES string of the molecule is C=C(C)C[C@H](N)c1ccc(OC)c([N+](=O)[O-])c1. The Labute approximate surface area is 100 Å². The highest BCUT2D eigenvalue weighted by atomic mass is 16.6. The summed E-state index contributed by atoms with van der Waals surface area (Å²) in [6.45, 7) is 5.65. The molecule has 1 rings (SSSR count). The molecule has 0 aromatic heterocycles. The number of methoxy groups -OCH3 is 1. The van der Waals surface area contributed by atoms with E-state index in [0.29, 0.717) is 12.0 Å². The molecule has 0 saturated heterocycles. The fourth-order valence-electron chi connectivity index (χ4n) is 1.57. The predicted octanol–water partition coefficient (Wildman–Crippen LogP) is 2.57. The summed E-state index contributed by atoms with van der Waals surface area (Å²) >= 11 is 0. The second-order valence-electron chi connectivity index (χ2n) is 3.96. The van der Waals surface area contributed by atoms with E-state index in [1.54, 1.807) is 12.1 Å². The first-order valence-electron chi connectivity index (χ1n) is 5.18. The lowest BCUT2D eigenvalue weighted by molar-refractivity contribution is -0.385. The van der Waals surface area contributed by atoms with Gasteiger partial charge in [0.15, 0.2) is 5.75 Å². The number of ether oxygens (including phenoxy) is 1. The topological polar surface area (TPSA) is 78.4 Å². The van der Waals surface area contributed by atoms with Crippen molar-refractivity contribution >= 4 is 5.69 Å². The maximum absolute atomic E-state index is 10.8. The molecule has 0 radical (unpaired) electrons. The number of hydrogen-bond donors (Lipinski definition) is 1. The average Bonchev–Trinajstić information content (AvgIpc) is 2.27. The molecule has 0 spiro atoms. The van der Waals surface area contributed by atoms with Gasteiger partial charge in [-0.05, 0) is 25.0 Å². The van der Waals surface area contributed by atoms with Crippen LogP contribution in [-0.4, -0.2) is 12.0 Å². The Kier molecular flexibility index (Phi) is 4.23. The molecule has 0 amide bonds. The van der Waals surface area contributed by atoms with Gasteiger partial charge >= 0.3 is 5.69 Å². The third kappa shape index (κ3) is 3.29. The summed E-state index contributed by atoms with van der Waals surface area (Å²) in [4.78, 5) is 10.4. The number of nitro groups is 1. The number of nitrogens with zero attached hydrogens (tertiary/aromatic N) is 1. The van der Waals surface area contributed by atoms with Crippen LogP contribution in [0.3, 0.4) is 0 Å². The van der Waals surface area contributed by atoms with E-state index < -0.39 is 4.92 Å². The third-order valence-corrected chi connectivity index (χ3v) is 2.40. The van der Waals surface area contributed by atoms with E-state index in [1.807, 2.05) is 6.92 Å². The number of benzene rings is 1. The average molecular weight is 236 g/mol. The van der Waals surface area contributed by atoms with E-state index in [1.165, 1.54) is 13.2 Å². The van der Waals surface area contributed by atoms with Crippen LogP contribution in [0.25, 0.3) is 0 Å². The van der Waals surface area contributed by atoms with Crippen LogP contribution >= 0.6 is 0 Å². The van der Waals surface area contributed by atoms with Crippen molar-refractivity contribution in [2.24, 2.45) is 5.73 Å². The van der Waals surface area contributed by atoms with Crippen molar-refractivity contribution in [1.29, 1.82) is 0 Å². The molecule has 1 atom stereocenters. The highest BCUT2D eigenvalue weighted by molar-refractivity contribution is 5.49. The van der Waals surface area contributed by atoms with E-state index in [9.17, 15) is 10.1 Å². The molecule has 5 nitrogen and oxygen atoms in total. The smallest absolute Gasteiger partial charge is 0.311 e. The molecule has 0 fully saturated rings. The van der Waals surface area contributed by atoms with E-state index in [4.69, 9.17) is 10.5 Å². The Balaban J connectivity index is 3.07. The van der Waals surface area contributed by atoms with Crippen molar-refractivity contribution < 1.29 is 9.66 Å². The molecular formula is C12H16N2O3. The lowest BCUT2D eigenvalue weighted by Crippen LogP contribution is -2.11. The van der Waals surface area contributed by atoms with Crippen LogP contribution in [0.1, 0.15) is 24.9 Å². The monoisotopic (exact) mass is 236 g/mol. The van der Waals surface area contributed by atoms with Gasteiger partial charge in [0.05, 0.1) is 12.0 Å². The molecule has 17 heavy (non-hydrogen) atoms. The van der Waals surface area contributed by atoms with Gasteiger partial charge in [-0.15, -0.1) is 6.58 Å². The Hall–Kier alpha value is -1.88. The number of nitrogens with two attached hydrogens (primary N) is 1. The maximum Gasteiger partial charge on any atom is 0.311 e. The fourth-order valence-corrected chi connectivity index (χ4v) is 1.57. The van der Waals surface area contributed by atoms with Crippen LogP contribution in [0.2, 0.25) is 0 Å². The Bertz CT molecular complexity index is 443. The van der Waals surface area contributed by atoms with Crippen molar-refractivity contribution in [3.05, 3.63) is 46.0 Å². The summed E-state index contributed by atoms with van der Waals surface area (Å²) < 4.78 is 4.92. The molecule has 0 saturated carbocycles. The van der Waals surface area contributed by atoms with Gasteiger partial charge in [-0.25, -0.2) is 0 Å². The van der Waals surface area contributed by atoms with Crippen LogP contribution < -0.4 is 10.5 Å². The molecule has 0 unspecified atom stereocenters. The van der Waals surface area contributed by atoms with Crippen molar-refractivity contribution in [3.63, 3.8) is 0 Å². The number of rotatable bonds is 5. The summed E-state index contributed by atoms with van der Waals surface area (Å²) in [5.74, 6) is 0.237. The molecular weight excluding hydrogens is 220 g/mol. The van der Waals surface area contributed by atoms with E-state index >= 15 is 0 Å². The standard InChI is InChI=1S/C12H16N2O3/c1-8(2)6-10(13)9-4-5-12(17-3)11(7-9)14(15)16/h4-5,7,10H,1,6,13H2,2-3H3/t10-/m0/s1. The third-order valence-electron chi connectivity index (χ3n) is 2.40. The molecule has 2 N–H and O–H groups in total. The lowest BCUT2D eigenvalue weighted by atomic mass is 10.0. The van der Waals surface area contributed by atoms with Crippen molar-refractivity contribution in [2.75, 3.05) is 7.11 Å². The summed E-state index contributed by atoms with van der Waals surface area (Å²) in [6, 6.07) is 4.47. The number of nitro benzene ring substituents is 1. The molecule has 5 heteroatoms. The molecule has 0 aliphatic heterocycles. The van der Waals surface area contributed by atoms with Gasteiger partial charge in [-0.2, -0.15) is 0 Å². The molecule has 0 aliphatic rings. The first-order valence-corrected chi connectivity index (χ1v) is 5.18. The van der Waals surface area contributed by atoms with Crippen LogP contribution in [0, 0.1) is 10.1 Å². The highest BCUT2D eigenvalue weighted by Crippen LogP contribution is 2.30. The first-order chi connectivity index (χ1) is 7.95. The number of hydrogen-bond acceptors (Lipinski definition) is 4. The molecule has 92 valence electrons. The minimum absolute atomic E-state index is 0.0674. The van der Waals surface area contributed by atoms with E-state index in [0.717, 1.165) is 5.57 Å². The van der Waals surface area contributed by atoms with Gasteiger partial charge in [0.1, 0.15) is 0 Å². The zero-order chi connectivity index (χ0) is 13.0. The largest absolute Gasteiger partial charge is 0.490 e. The first kappa shape index (κ1) is 13.2. The van der Waals surface area contributed by atoms with Crippen molar-refractivity contribution in [3.8, 4) is 5.75 Å². The van der Waals surface area contributed by atoms with Gasteiger partial charge in [0, 0.05) is 12.1 Å². The normalized spacial score (nSPS) is 11.9. The van der Waals surface area contributed by atoms with E-state index in [-0.39, 0.29) is 17.5 Å². The summed E-state index contributed by atoms with van der Waals surface area (Å²) in [5, 5.41) is 10.8. The molecule has 1 aromatic rings. The quantitative estimate of drug-likeness (QED) is 0.484. The summed E-state index contributed by atoms with van der Waals surface area (Å²) in [5.41, 5.74) is 7.51. The molecule has 1 aromatic carbocycles. The minimum atomic E-state index is -0.476. The Morgan fingerprint density at radius 3 is 2.76 bits per heavy atom. The fraction of sp³-hybridized carbons (Fsp3) is 0.333. The second-order valence-corrected chi connectivity index (χ2v) is 3.96. The van der Waals surface area contributed by atoms with Crippen molar-refractivity contribution in [2.45, 2.75) is 19.4 Å². The summed E-state index contributed by atoms with van der Waals surface area (Å²) in [7, 11) is 1.40. The zero-order valence-corrected chi connectivity index (χ0v) is 9.97. The molecule has 0 bridgehead atoms. The van der Waals surface area contributed by atoms with Gasteiger partial charge in [-0.3, -0.25) is 10.1 Å². The van der Waals surface area contributed by atoms with E-state index in [2.05, 4.69) is 6.58 Å². The molecule has 0 aliphatic carbocycles. The summed E-state index contributed by atoms with van der Waals surface area (Å²) in [6.07, 6.45) is 0.601. The van der Waals surface area contributed by atoms with Crippen LogP contribution in [0.5, 0.6) is 5.75 Å². The van der Waals surface area contributed by atoms with Gasteiger partial charge in [-0.1, -0.05) is 11.6 Å². The molecule has 0 heterocycles. The highest BCUT2D eigenvalue weighted by Gasteiger charge is 2.17. The zero-order valence-electron chi connectivity index (χ0n) is 9.97. The predicted molar refractivity (Wildman–Crippen MR) is 66.0 cm³/mol. The lowest BCUT2D eigenvalue weighted by Gasteiger charge is -2.12. The van der Waals surface area contributed by atoms with Crippen LogP contribution in [0.4, 0.5) is 5.69 Å². The van der Waals surface area contributed by atoms with Gasteiger partial charge < -0.3 is 10.5 Å². The minimum Gasteiger partial charge on any atom is -0.490 e. The maximum atomic E-state index is 10.8. The van der Waals surface area contributed by atoms with Gasteiger partial charge in [0.2, 0.25) is 0 Å². The Morgan fingerprint density at radius 1 is 1.65 bits per heavy atom. The van der Waals surface area contributed by atoms with Crippen LogP contribution in [0.15, 0.2) is 30.4 Å². The second kappa shape index (κ2) is 5.45. The van der Waals surface area contributed by atoms with Crippen molar-refractivity contribution in [1.82, 2.24) is 0 Å². The van der Waals surface area contributed by atoms with Crippen LogP contribution in [-0.2, 0) is 0 Å². The van der Waals surface area contributed by atoms with Gasteiger partial charge in [0.25, 0.3) is 0 Å². The Morgan fingerprint density at radius 2 is 2.29 bits per heavy atom.